The molecule has 0 amide bonds. The number of halogens is 1. The van der Waals surface area contributed by atoms with E-state index in [9.17, 15) is 0 Å². The molecule has 0 aliphatic carbocycles. The molecular weight excluding hydrogens is 300 g/mol. The van der Waals surface area contributed by atoms with Crippen LogP contribution in [0, 0.1) is 0 Å². The zero-order valence-electron chi connectivity index (χ0n) is 10.3. The van der Waals surface area contributed by atoms with Crippen molar-refractivity contribution in [3.8, 4) is 5.75 Å². The van der Waals surface area contributed by atoms with E-state index in [-0.39, 0.29) is 0 Å². The van der Waals surface area contributed by atoms with E-state index in [4.69, 9.17) is 4.74 Å². The summed E-state index contributed by atoms with van der Waals surface area (Å²) in [4.78, 5) is 0. The van der Waals surface area contributed by atoms with Crippen LogP contribution >= 0.6 is 15.9 Å². The van der Waals surface area contributed by atoms with Gasteiger partial charge in [-0.2, -0.15) is 0 Å². The second-order valence-electron chi connectivity index (χ2n) is 4.40. The number of para-hydroxylation sites is 1. The maximum Gasteiger partial charge on any atom is 0.133 e. The quantitative estimate of drug-likeness (QED) is 0.647. The fourth-order valence-corrected chi connectivity index (χ4v) is 2.45. The zero-order valence-corrected chi connectivity index (χ0v) is 11.9. The first-order valence-electron chi connectivity index (χ1n) is 6.18. The smallest absolute Gasteiger partial charge is 0.133 e. The van der Waals surface area contributed by atoms with Crippen LogP contribution in [-0.2, 0) is 6.61 Å². The molecule has 0 saturated heterocycles. The van der Waals surface area contributed by atoms with Gasteiger partial charge in [-0.3, -0.25) is 0 Å². The molecule has 0 N–H and O–H groups in total. The minimum absolute atomic E-state index is 0.577. The lowest BCUT2D eigenvalue weighted by Gasteiger charge is -2.08. The predicted octanol–water partition coefficient (Wildman–Crippen LogP) is 5.18. The minimum atomic E-state index is 0.577. The van der Waals surface area contributed by atoms with Crippen molar-refractivity contribution in [2.24, 2.45) is 0 Å². The normalized spacial score (nSPS) is 10.6. The summed E-state index contributed by atoms with van der Waals surface area (Å²) in [6, 6.07) is 22.7. The van der Waals surface area contributed by atoms with Crippen LogP contribution in [0.2, 0.25) is 0 Å². The average molecular weight is 313 g/mol. The van der Waals surface area contributed by atoms with Crippen molar-refractivity contribution in [1.82, 2.24) is 0 Å². The van der Waals surface area contributed by atoms with E-state index in [0.29, 0.717) is 6.61 Å². The Labute approximate surface area is 121 Å². The van der Waals surface area contributed by atoms with Gasteiger partial charge in [0.05, 0.1) is 4.47 Å². The zero-order chi connectivity index (χ0) is 13.1. The van der Waals surface area contributed by atoms with Gasteiger partial charge in [-0.25, -0.2) is 0 Å². The van der Waals surface area contributed by atoms with E-state index in [1.165, 1.54) is 16.3 Å². The lowest BCUT2D eigenvalue weighted by molar-refractivity contribution is 0.304. The third-order valence-corrected chi connectivity index (χ3v) is 3.70. The maximum atomic E-state index is 5.82. The Bertz CT molecular complexity index is 706. The SMILES string of the molecule is Brc1ccccc1OCc1ccc2ccccc2c1. The monoisotopic (exact) mass is 312 g/mol. The number of ether oxygens (including phenoxy) is 1. The van der Waals surface area contributed by atoms with E-state index < -0.39 is 0 Å². The lowest BCUT2D eigenvalue weighted by atomic mass is 10.1. The van der Waals surface area contributed by atoms with Gasteiger partial charge >= 0.3 is 0 Å². The first kappa shape index (κ1) is 12.2. The number of fused-ring (bicyclic) bond motifs is 1. The molecule has 3 aromatic carbocycles. The number of benzene rings is 3. The summed E-state index contributed by atoms with van der Waals surface area (Å²) >= 11 is 3.48. The van der Waals surface area contributed by atoms with E-state index in [0.717, 1.165) is 10.2 Å². The van der Waals surface area contributed by atoms with Crippen LogP contribution in [0.4, 0.5) is 0 Å². The fourth-order valence-electron chi connectivity index (χ4n) is 2.05. The summed E-state index contributed by atoms with van der Waals surface area (Å²) in [7, 11) is 0. The highest BCUT2D eigenvalue weighted by molar-refractivity contribution is 9.10. The molecule has 2 heteroatoms. The van der Waals surface area contributed by atoms with Crippen molar-refractivity contribution in [3.63, 3.8) is 0 Å². The van der Waals surface area contributed by atoms with Gasteiger partial charge in [-0.1, -0.05) is 48.5 Å². The summed E-state index contributed by atoms with van der Waals surface area (Å²) in [5, 5.41) is 2.50. The predicted molar refractivity (Wildman–Crippen MR) is 82.4 cm³/mol. The van der Waals surface area contributed by atoms with Crippen LogP contribution in [0.3, 0.4) is 0 Å². The molecule has 0 heterocycles. The average Bonchev–Trinajstić information content (AvgIpc) is 2.46. The Morgan fingerprint density at radius 1 is 0.789 bits per heavy atom. The van der Waals surface area contributed by atoms with Gasteiger partial charge in [0.25, 0.3) is 0 Å². The van der Waals surface area contributed by atoms with Crippen molar-refractivity contribution in [3.05, 3.63) is 76.8 Å². The first-order chi connectivity index (χ1) is 9.33. The van der Waals surface area contributed by atoms with Gasteiger partial charge in [-0.05, 0) is 50.5 Å². The summed E-state index contributed by atoms with van der Waals surface area (Å²) < 4.78 is 6.81. The summed E-state index contributed by atoms with van der Waals surface area (Å²) in [6.45, 7) is 0.577. The standard InChI is InChI=1S/C17H13BrO/c18-16-7-3-4-8-17(16)19-12-13-9-10-14-5-1-2-6-15(14)11-13/h1-11H,12H2. The molecule has 3 aromatic rings. The van der Waals surface area contributed by atoms with E-state index >= 15 is 0 Å². The fraction of sp³-hybridized carbons (Fsp3) is 0.0588. The second-order valence-corrected chi connectivity index (χ2v) is 5.25. The molecule has 0 radical (unpaired) electrons. The third kappa shape index (κ3) is 2.79. The molecule has 0 aliphatic heterocycles. The van der Waals surface area contributed by atoms with Crippen LogP contribution in [0.15, 0.2) is 71.2 Å². The maximum absolute atomic E-state index is 5.82. The number of hydrogen-bond acceptors (Lipinski definition) is 1. The van der Waals surface area contributed by atoms with Crippen molar-refractivity contribution in [1.29, 1.82) is 0 Å². The van der Waals surface area contributed by atoms with Crippen LogP contribution in [-0.4, -0.2) is 0 Å². The molecule has 94 valence electrons. The Morgan fingerprint density at radius 2 is 1.53 bits per heavy atom. The topological polar surface area (TPSA) is 9.23 Å². The van der Waals surface area contributed by atoms with Gasteiger partial charge in [0, 0.05) is 0 Å². The second kappa shape index (κ2) is 5.45. The van der Waals surface area contributed by atoms with Crippen LogP contribution < -0.4 is 4.74 Å². The molecular formula is C17H13BrO. The molecule has 0 aliphatic rings. The van der Waals surface area contributed by atoms with Crippen molar-refractivity contribution in [2.75, 3.05) is 0 Å². The largest absolute Gasteiger partial charge is 0.488 e. The van der Waals surface area contributed by atoms with Gasteiger partial charge in [0.15, 0.2) is 0 Å². The molecule has 1 nitrogen and oxygen atoms in total. The van der Waals surface area contributed by atoms with Gasteiger partial charge in [0.1, 0.15) is 12.4 Å². The van der Waals surface area contributed by atoms with E-state index in [1.807, 2.05) is 24.3 Å². The highest BCUT2D eigenvalue weighted by atomic mass is 79.9. The molecule has 0 bridgehead atoms. The minimum Gasteiger partial charge on any atom is -0.488 e. The summed E-state index contributed by atoms with van der Waals surface area (Å²) in [6.07, 6.45) is 0. The van der Waals surface area contributed by atoms with E-state index in [2.05, 4.69) is 58.4 Å². The van der Waals surface area contributed by atoms with Crippen LogP contribution in [0.25, 0.3) is 10.8 Å². The van der Waals surface area contributed by atoms with Crippen LogP contribution in [0.1, 0.15) is 5.56 Å². The van der Waals surface area contributed by atoms with Gasteiger partial charge in [-0.15, -0.1) is 0 Å². The Hall–Kier alpha value is -1.80. The third-order valence-electron chi connectivity index (χ3n) is 3.04. The molecule has 0 spiro atoms. The first-order valence-corrected chi connectivity index (χ1v) is 6.97. The van der Waals surface area contributed by atoms with Gasteiger partial charge in [0.2, 0.25) is 0 Å². The Kier molecular flexibility index (Phi) is 3.51. The molecule has 0 fully saturated rings. The lowest BCUT2D eigenvalue weighted by Crippen LogP contribution is -1.95. The molecule has 0 aromatic heterocycles. The summed E-state index contributed by atoms with van der Waals surface area (Å²) in [5.74, 6) is 0.871. The highest BCUT2D eigenvalue weighted by Gasteiger charge is 2.01. The number of hydrogen-bond donors (Lipinski definition) is 0. The van der Waals surface area contributed by atoms with Crippen LogP contribution in [0.5, 0.6) is 5.75 Å². The van der Waals surface area contributed by atoms with Crippen molar-refractivity contribution in [2.45, 2.75) is 6.61 Å². The van der Waals surface area contributed by atoms with Crippen molar-refractivity contribution < 1.29 is 4.74 Å². The van der Waals surface area contributed by atoms with E-state index in [1.54, 1.807) is 0 Å². The molecule has 0 saturated carbocycles. The molecule has 0 unspecified atom stereocenters. The van der Waals surface area contributed by atoms with Crippen molar-refractivity contribution >= 4 is 26.7 Å². The van der Waals surface area contributed by atoms with Gasteiger partial charge < -0.3 is 4.74 Å². The summed E-state index contributed by atoms with van der Waals surface area (Å²) in [5.41, 5.74) is 1.18. The molecule has 19 heavy (non-hydrogen) atoms. The highest BCUT2D eigenvalue weighted by Crippen LogP contribution is 2.25. The molecule has 0 atom stereocenters. The molecule has 3 rings (SSSR count). The Balaban J connectivity index is 1.80. The number of rotatable bonds is 3. The Morgan fingerprint density at radius 3 is 2.37 bits per heavy atom.